The number of aliphatic hydroxyl groups excluding tert-OH is 1. The lowest BCUT2D eigenvalue weighted by molar-refractivity contribution is 0.283. The third kappa shape index (κ3) is 4.40. The second-order valence-electron chi connectivity index (χ2n) is 3.73. The Labute approximate surface area is 90.1 Å². The first-order chi connectivity index (χ1) is 7.24. The van der Waals surface area contributed by atoms with Gasteiger partial charge in [0, 0.05) is 12.6 Å². The van der Waals surface area contributed by atoms with E-state index in [4.69, 9.17) is 5.11 Å². The van der Waals surface area contributed by atoms with Crippen molar-refractivity contribution in [3.63, 3.8) is 0 Å². The Morgan fingerprint density at radius 1 is 1.40 bits per heavy atom. The molecule has 1 atom stereocenters. The van der Waals surface area contributed by atoms with Gasteiger partial charge in [-0.1, -0.05) is 18.2 Å². The Hall–Kier alpha value is -0.930. The SMILES string of the molecule is CC(Cc1ccccc1F)NCCCO. The highest BCUT2D eigenvalue weighted by Gasteiger charge is 2.05. The van der Waals surface area contributed by atoms with Crippen molar-refractivity contribution < 1.29 is 9.50 Å². The molecule has 3 heteroatoms. The maximum atomic E-state index is 13.3. The molecule has 0 saturated heterocycles. The lowest BCUT2D eigenvalue weighted by atomic mass is 10.1. The summed E-state index contributed by atoms with van der Waals surface area (Å²) in [5.74, 6) is -0.145. The molecule has 0 heterocycles. The van der Waals surface area contributed by atoms with Crippen LogP contribution in [0.2, 0.25) is 0 Å². The summed E-state index contributed by atoms with van der Waals surface area (Å²) in [6.07, 6.45) is 1.42. The molecule has 84 valence electrons. The molecule has 0 bridgehead atoms. The molecule has 0 aliphatic carbocycles. The smallest absolute Gasteiger partial charge is 0.126 e. The van der Waals surface area contributed by atoms with E-state index >= 15 is 0 Å². The first-order valence-corrected chi connectivity index (χ1v) is 5.31. The molecule has 0 aliphatic heterocycles. The van der Waals surface area contributed by atoms with Gasteiger partial charge in [-0.3, -0.25) is 0 Å². The standard InChI is InChI=1S/C12H18FNO/c1-10(14-7-4-8-15)9-11-5-2-3-6-12(11)13/h2-3,5-6,10,14-15H,4,7-9H2,1H3. The average molecular weight is 211 g/mol. The second-order valence-corrected chi connectivity index (χ2v) is 3.73. The summed E-state index contributed by atoms with van der Waals surface area (Å²) in [5.41, 5.74) is 0.737. The molecule has 0 fully saturated rings. The van der Waals surface area contributed by atoms with E-state index in [0.717, 1.165) is 18.5 Å². The second kappa shape index (κ2) is 6.53. The van der Waals surface area contributed by atoms with Crippen molar-refractivity contribution in [1.29, 1.82) is 0 Å². The van der Waals surface area contributed by atoms with Crippen LogP contribution in [0.15, 0.2) is 24.3 Å². The highest BCUT2D eigenvalue weighted by molar-refractivity contribution is 5.18. The molecule has 2 nitrogen and oxygen atoms in total. The highest BCUT2D eigenvalue weighted by atomic mass is 19.1. The summed E-state index contributed by atoms with van der Waals surface area (Å²) in [6, 6.07) is 7.06. The maximum absolute atomic E-state index is 13.3. The van der Waals surface area contributed by atoms with Crippen LogP contribution in [0.4, 0.5) is 4.39 Å². The summed E-state index contributed by atoms with van der Waals surface area (Å²) in [7, 11) is 0. The van der Waals surface area contributed by atoms with E-state index in [1.165, 1.54) is 6.07 Å². The molecule has 1 rings (SSSR count). The third-order valence-electron chi connectivity index (χ3n) is 2.31. The number of hydrogen-bond acceptors (Lipinski definition) is 2. The van der Waals surface area contributed by atoms with Gasteiger partial charge in [0.25, 0.3) is 0 Å². The van der Waals surface area contributed by atoms with Crippen molar-refractivity contribution in [2.24, 2.45) is 0 Å². The number of nitrogens with one attached hydrogen (secondary N) is 1. The molecule has 1 unspecified atom stereocenters. The Morgan fingerprint density at radius 3 is 2.80 bits per heavy atom. The molecular formula is C12H18FNO. The fraction of sp³-hybridized carbons (Fsp3) is 0.500. The van der Waals surface area contributed by atoms with Gasteiger partial charge in [0.2, 0.25) is 0 Å². The van der Waals surface area contributed by atoms with Gasteiger partial charge >= 0.3 is 0 Å². The summed E-state index contributed by atoms with van der Waals surface area (Å²) in [6.45, 7) is 2.98. The van der Waals surface area contributed by atoms with Crippen molar-refractivity contribution >= 4 is 0 Å². The van der Waals surface area contributed by atoms with Crippen LogP contribution in [-0.2, 0) is 6.42 Å². The topological polar surface area (TPSA) is 32.3 Å². The van der Waals surface area contributed by atoms with E-state index in [1.807, 2.05) is 13.0 Å². The van der Waals surface area contributed by atoms with Crippen molar-refractivity contribution in [2.75, 3.05) is 13.2 Å². The zero-order chi connectivity index (χ0) is 11.1. The zero-order valence-corrected chi connectivity index (χ0v) is 9.04. The van der Waals surface area contributed by atoms with Gasteiger partial charge in [-0.15, -0.1) is 0 Å². The molecule has 0 radical (unpaired) electrons. The first kappa shape index (κ1) is 12.1. The first-order valence-electron chi connectivity index (χ1n) is 5.31. The van der Waals surface area contributed by atoms with E-state index in [-0.39, 0.29) is 18.5 Å². The average Bonchev–Trinajstić information content (AvgIpc) is 2.22. The minimum Gasteiger partial charge on any atom is -0.396 e. The van der Waals surface area contributed by atoms with E-state index in [0.29, 0.717) is 6.42 Å². The van der Waals surface area contributed by atoms with Crippen LogP contribution in [0.5, 0.6) is 0 Å². The quantitative estimate of drug-likeness (QED) is 0.702. The van der Waals surface area contributed by atoms with E-state index in [2.05, 4.69) is 5.32 Å². The van der Waals surface area contributed by atoms with E-state index in [1.54, 1.807) is 12.1 Å². The number of halogens is 1. The van der Waals surface area contributed by atoms with Gasteiger partial charge in [0.1, 0.15) is 5.82 Å². The molecule has 0 saturated carbocycles. The number of aliphatic hydroxyl groups is 1. The van der Waals surface area contributed by atoms with E-state index < -0.39 is 0 Å². The maximum Gasteiger partial charge on any atom is 0.126 e. The molecule has 0 amide bonds. The van der Waals surface area contributed by atoms with Gasteiger partial charge in [0.05, 0.1) is 0 Å². The van der Waals surface area contributed by atoms with Crippen LogP contribution in [0.25, 0.3) is 0 Å². The van der Waals surface area contributed by atoms with Crippen molar-refractivity contribution in [3.8, 4) is 0 Å². The molecule has 0 aliphatic rings. The van der Waals surface area contributed by atoms with Gasteiger partial charge in [-0.25, -0.2) is 4.39 Å². The number of benzene rings is 1. The molecule has 1 aromatic carbocycles. The van der Waals surface area contributed by atoms with Crippen LogP contribution in [-0.4, -0.2) is 24.3 Å². The highest BCUT2D eigenvalue weighted by Crippen LogP contribution is 2.08. The summed E-state index contributed by atoms with van der Waals surface area (Å²) in [5, 5.41) is 11.8. The van der Waals surface area contributed by atoms with Crippen molar-refractivity contribution in [3.05, 3.63) is 35.6 Å². The van der Waals surface area contributed by atoms with Gasteiger partial charge in [-0.2, -0.15) is 0 Å². The Bertz CT molecular complexity index is 291. The predicted molar refractivity (Wildman–Crippen MR) is 59.3 cm³/mol. The fourth-order valence-corrected chi connectivity index (χ4v) is 1.49. The van der Waals surface area contributed by atoms with Crippen LogP contribution in [0.3, 0.4) is 0 Å². The monoisotopic (exact) mass is 211 g/mol. The Kier molecular flexibility index (Phi) is 5.29. The van der Waals surface area contributed by atoms with Crippen LogP contribution >= 0.6 is 0 Å². The van der Waals surface area contributed by atoms with Crippen LogP contribution in [0.1, 0.15) is 18.9 Å². The van der Waals surface area contributed by atoms with Crippen LogP contribution in [0, 0.1) is 5.82 Å². The molecule has 15 heavy (non-hydrogen) atoms. The zero-order valence-electron chi connectivity index (χ0n) is 9.04. The Morgan fingerprint density at radius 2 is 2.13 bits per heavy atom. The minimum atomic E-state index is -0.145. The molecule has 0 spiro atoms. The molecule has 2 N–H and O–H groups in total. The molecule has 0 aromatic heterocycles. The lowest BCUT2D eigenvalue weighted by Gasteiger charge is -2.13. The summed E-state index contributed by atoms with van der Waals surface area (Å²) < 4.78 is 13.3. The Balaban J connectivity index is 2.37. The third-order valence-corrected chi connectivity index (χ3v) is 2.31. The van der Waals surface area contributed by atoms with Crippen LogP contribution < -0.4 is 5.32 Å². The van der Waals surface area contributed by atoms with Gasteiger partial charge < -0.3 is 10.4 Å². The van der Waals surface area contributed by atoms with Gasteiger partial charge in [-0.05, 0) is 37.9 Å². The summed E-state index contributed by atoms with van der Waals surface area (Å²) >= 11 is 0. The number of rotatable bonds is 6. The largest absolute Gasteiger partial charge is 0.396 e. The normalized spacial score (nSPS) is 12.7. The molecular weight excluding hydrogens is 193 g/mol. The van der Waals surface area contributed by atoms with E-state index in [9.17, 15) is 4.39 Å². The minimum absolute atomic E-state index is 0.145. The predicted octanol–water partition coefficient (Wildman–Crippen LogP) is 1.73. The van der Waals surface area contributed by atoms with Gasteiger partial charge in [0.15, 0.2) is 0 Å². The summed E-state index contributed by atoms with van der Waals surface area (Å²) in [4.78, 5) is 0. The fourth-order valence-electron chi connectivity index (χ4n) is 1.49. The molecule has 1 aromatic rings. The lowest BCUT2D eigenvalue weighted by Crippen LogP contribution is -2.29. The number of hydrogen-bond donors (Lipinski definition) is 2. The van der Waals surface area contributed by atoms with Crippen molar-refractivity contribution in [1.82, 2.24) is 5.32 Å². The van der Waals surface area contributed by atoms with Crippen molar-refractivity contribution in [2.45, 2.75) is 25.8 Å².